The van der Waals surface area contributed by atoms with Crippen LogP contribution in [0, 0.1) is 17.2 Å². The van der Waals surface area contributed by atoms with Gasteiger partial charge in [0.15, 0.2) is 0 Å². The minimum atomic E-state index is 0.584. The molecule has 1 aliphatic carbocycles. The van der Waals surface area contributed by atoms with Crippen LogP contribution in [0.2, 0.25) is 0 Å². The van der Waals surface area contributed by atoms with E-state index in [-0.39, 0.29) is 0 Å². The Morgan fingerprint density at radius 2 is 1.73 bits per heavy atom. The number of hydrogen-bond donors (Lipinski definition) is 1. The van der Waals surface area contributed by atoms with Gasteiger partial charge in [0.2, 0.25) is 0 Å². The van der Waals surface area contributed by atoms with Crippen LogP contribution in [0.15, 0.2) is 67.0 Å². The first kappa shape index (κ1) is 21.6. The fraction of sp³-hybridized carbons (Fsp3) is 0.333. The standard InChI is InChI=1S/C22H23N.C5H8N2/c1-17-15-22(16-17)21-12-10-20(11-13-21)19-8-6-18(7-9-19)5-3-2-4-14-23;1-2-5-6-3-4-7-5/h3,5-13,17,22H,2,4,15-16H2,1H3;3-4H,2H2,1H3,(H,6,7)/b5-3+;. The largest absolute Gasteiger partial charge is 0.349 e. The van der Waals surface area contributed by atoms with Crippen molar-refractivity contribution in [2.45, 2.75) is 51.9 Å². The summed E-state index contributed by atoms with van der Waals surface area (Å²) in [7, 11) is 0. The van der Waals surface area contributed by atoms with Crippen molar-refractivity contribution in [1.29, 1.82) is 5.26 Å². The third-order valence-corrected chi connectivity index (χ3v) is 5.62. The molecule has 30 heavy (non-hydrogen) atoms. The maximum atomic E-state index is 8.53. The molecule has 1 fully saturated rings. The minimum absolute atomic E-state index is 0.584. The first-order valence-electron chi connectivity index (χ1n) is 10.9. The molecule has 0 atom stereocenters. The number of nitrogens with one attached hydrogen (secondary N) is 1. The van der Waals surface area contributed by atoms with Gasteiger partial charge in [0.25, 0.3) is 0 Å². The quantitative estimate of drug-likeness (QED) is 0.449. The average molecular weight is 398 g/mol. The number of unbranched alkanes of at least 4 members (excludes halogenated alkanes) is 1. The summed E-state index contributed by atoms with van der Waals surface area (Å²) in [6, 6.07) is 19.9. The van der Waals surface area contributed by atoms with Crippen LogP contribution < -0.4 is 0 Å². The third-order valence-electron chi connectivity index (χ3n) is 5.62. The van der Waals surface area contributed by atoms with Gasteiger partial charge < -0.3 is 4.98 Å². The molecule has 1 saturated carbocycles. The van der Waals surface area contributed by atoms with Crippen LogP contribution in [-0.4, -0.2) is 9.97 Å². The summed E-state index contributed by atoms with van der Waals surface area (Å²) in [5.41, 5.74) is 5.21. The summed E-state index contributed by atoms with van der Waals surface area (Å²) in [5.74, 6) is 2.73. The predicted octanol–water partition coefficient (Wildman–Crippen LogP) is 7.16. The molecule has 1 N–H and O–H groups in total. The molecule has 1 heterocycles. The number of H-pyrrole nitrogens is 1. The Bertz CT molecular complexity index is 939. The van der Waals surface area contributed by atoms with E-state index in [9.17, 15) is 0 Å². The highest BCUT2D eigenvalue weighted by Crippen LogP contribution is 2.41. The highest BCUT2D eigenvalue weighted by atomic mass is 14.9. The van der Waals surface area contributed by atoms with Gasteiger partial charge >= 0.3 is 0 Å². The van der Waals surface area contributed by atoms with Crippen LogP contribution in [-0.2, 0) is 6.42 Å². The van der Waals surface area contributed by atoms with E-state index in [2.05, 4.69) is 90.6 Å². The number of hydrogen-bond acceptors (Lipinski definition) is 2. The van der Waals surface area contributed by atoms with E-state index in [1.165, 1.54) is 35.1 Å². The van der Waals surface area contributed by atoms with E-state index >= 15 is 0 Å². The molecule has 2 aromatic carbocycles. The summed E-state index contributed by atoms with van der Waals surface area (Å²) in [5, 5.41) is 8.53. The number of aryl methyl sites for hydroxylation is 1. The molecule has 3 aromatic rings. The molecule has 0 radical (unpaired) electrons. The van der Waals surface area contributed by atoms with Gasteiger partial charge in [-0.1, -0.05) is 74.5 Å². The van der Waals surface area contributed by atoms with Crippen molar-refractivity contribution >= 4 is 6.08 Å². The topological polar surface area (TPSA) is 52.5 Å². The van der Waals surface area contributed by atoms with Gasteiger partial charge in [-0.25, -0.2) is 4.98 Å². The van der Waals surface area contributed by atoms with Gasteiger partial charge in [0.1, 0.15) is 5.82 Å². The zero-order valence-electron chi connectivity index (χ0n) is 18.0. The number of allylic oxidation sites excluding steroid dienone is 1. The monoisotopic (exact) mass is 397 g/mol. The minimum Gasteiger partial charge on any atom is -0.349 e. The van der Waals surface area contributed by atoms with Crippen LogP contribution in [0.25, 0.3) is 17.2 Å². The van der Waals surface area contributed by atoms with Crippen LogP contribution in [0.5, 0.6) is 0 Å². The fourth-order valence-electron chi connectivity index (χ4n) is 3.77. The van der Waals surface area contributed by atoms with Crippen molar-refractivity contribution in [3.63, 3.8) is 0 Å². The lowest BCUT2D eigenvalue weighted by atomic mass is 9.72. The number of nitriles is 1. The first-order valence-corrected chi connectivity index (χ1v) is 10.9. The van der Waals surface area contributed by atoms with Gasteiger partial charge in [-0.2, -0.15) is 5.26 Å². The van der Waals surface area contributed by atoms with Crippen LogP contribution >= 0.6 is 0 Å². The highest BCUT2D eigenvalue weighted by Gasteiger charge is 2.26. The number of nitrogens with zero attached hydrogens (tertiary/aromatic N) is 2. The summed E-state index contributed by atoms with van der Waals surface area (Å²) in [6.07, 6.45) is 12.8. The van der Waals surface area contributed by atoms with Crippen LogP contribution in [0.4, 0.5) is 0 Å². The number of aromatic nitrogens is 2. The Balaban J connectivity index is 0.000000310. The maximum Gasteiger partial charge on any atom is 0.105 e. The molecule has 0 saturated heterocycles. The SMILES string of the molecule is CC1CC(c2ccc(-c3ccc(/C=C/CCC#N)cc3)cc2)C1.CCc1ncc[nH]1. The number of aromatic amines is 1. The summed E-state index contributed by atoms with van der Waals surface area (Å²) < 4.78 is 0. The summed E-state index contributed by atoms with van der Waals surface area (Å²) >= 11 is 0. The Kier molecular flexibility index (Phi) is 8.03. The number of imidazole rings is 1. The lowest BCUT2D eigenvalue weighted by molar-refractivity contribution is 0.288. The zero-order valence-corrected chi connectivity index (χ0v) is 18.0. The van der Waals surface area contributed by atoms with Gasteiger partial charge in [-0.15, -0.1) is 0 Å². The molecule has 4 rings (SSSR count). The maximum absolute atomic E-state index is 8.53. The molecule has 0 spiro atoms. The zero-order chi connectivity index (χ0) is 21.2. The Labute approximate surface area is 180 Å². The van der Waals surface area contributed by atoms with Crippen molar-refractivity contribution in [3.05, 3.63) is 84.0 Å². The smallest absolute Gasteiger partial charge is 0.105 e. The average Bonchev–Trinajstić information content (AvgIpc) is 3.30. The van der Waals surface area contributed by atoms with E-state index in [0.717, 1.165) is 30.5 Å². The summed E-state index contributed by atoms with van der Waals surface area (Å²) in [4.78, 5) is 6.95. The lowest BCUT2D eigenvalue weighted by Gasteiger charge is -2.33. The number of benzene rings is 2. The Hall–Kier alpha value is -3.12. The molecule has 0 aliphatic heterocycles. The van der Waals surface area contributed by atoms with Gasteiger partial charge in [0.05, 0.1) is 6.07 Å². The molecule has 0 unspecified atom stereocenters. The van der Waals surface area contributed by atoms with Gasteiger partial charge in [-0.05, 0) is 53.4 Å². The van der Waals surface area contributed by atoms with Crippen molar-refractivity contribution in [3.8, 4) is 17.2 Å². The molecule has 0 amide bonds. The molecule has 1 aliphatic rings. The van der Waals surface area contributed by atoms with Crippen molar-refractivity contribution in [2.24, 2.45) is 5.92 Å². The van der Waals surface area contributed by atoms with Crippen molar-refractivity contribution in [1.82, 2.24) is 9.97 Å². The van der Waals surface area contributed by atoms with E-state index in [1.54, 1.807) is 6.20 Å². The summed E-state index contributed by atoms with van der Waals surface area (Å²) in [6.45, 7) is 4.40. The van der Waals surface area contributed by atoms with Crippen molar-refractivity contribution in [2.75, 3.05) is 0 Å². The normalized spacial score (nSPS) is 17.6. The number of rotatable bonds is 6. The first-order chi connectivity index (χ1) is 14.7. The fourth-order valence-corrected chi connectivity index (χ4v) is 3.77. The lowest BCUT2D eigenvalue weighted by Crippen LogP contribution is -2.18. The molecular weight excluding hydrogens is 366 g/mol. The van der Waals surface area contributed by atoms with Crippen molar-refractivity contribution < 1.29 is 0 Å². The second kappa shape index (κ2) is 11.2. The van der Waals surface area contributed by atoms with E-state index < -0.39 is 0 Å². The highest BCUT2D eigenvalue weighted by molar-refractivity contribution is 5.66. The third kappa shape index (κ3) is 6.19. The second-order valence-electron chi connectivity index (χ2n) is 8.01. The van der Waals surface area contributed by atoms with E-state index in [0.29, 0.717) is 6.42 Å². The Morgan fingerprint density at radius 1 is 1.07 bits per heavy atom. The van der Waals surface area contributed by atoms with E-state index in [4.69, 9.17) is 5.26 Å². The van der Waals surface area contributed by atoms with Gasteiger partial charge in [-0.3, -0.25) is 0 Å². The van der Waals surface area contributed by atoms with E-state index in [1.807, 2.05) is 6.20 Å². The van der Waals surface area contributed by atoms with Crippen LogP contribution in [0.3, 0.4) is 0 Å². The molecule has 3 nitrogen and oxygen atoms in total. The Morgan fingerprint density at radius 3 is 2.23 bits per heavy atom. The van der Waals surface area contributed by atoms with Gasteiger partial charge in [0, 0.05) is 25.2 Å². The molecular formula is C27H31N3. The second-order valence-corrected chi connectivity index (χ2v) is 8.01. The molecule has 0 bridgehead atoms. The van der Waals surface area contributed by atoms with Crippen LogP contribution in [0.1, 0.15) is 62.4 Å². The predicted molar refractivity (Wildman–Crippen MR) is 125 cm³/mol. The molecule has 154 valence electrons. The molecule has 1 aromatic heterocycles. The molecule has 3 heteroatoms.